The lowest BCUT2D eigenvalue weighted by Crippen LogP contribution is -2.41. The summed E-state index contributed by atoms with van der Waals surface area (Å²) >= 11 is 6.24. The molecule has 0 spiro atoms. The molecular formula is C20H22N2O4S2. The summed E-state index contributed by atoms with van der Waals surface area (Å²) in [5.41, 5.74) is 1.81. The third kappa shape index (κ3) is 3.58. The molecule has 0 radical (unpaired) electrons. The molecule has 3 rings (SSSR count). The van der Waals surface area contributed by atoms with Crippen molar-refractivity contribution in [2.75, 3.05) is 11.4 Å². The summed E-state index contributed by atoms with van der Waals surface area (Å²) in [5, 5.41) is 9.27. The van der Waals surface area contributed by atoms with E-state index in [0.717, 1.165) is 48.0 Å². The van der Waals surface area contributed by atoms with Crippen molar-refractivity contribution in [1.29, 1.82) is 0 Å². The molecule has 1 aromatic carbocycles. The van der Waals surface area contributed by atoms with Crippen LogP contribution in [0.5, 0.6) is 0 Å². The van der Waals surface area contributed by atoms with E-state index < -0.39 is 17.9 Å². The molecule has 0 aliphatic carbocycles. The lowest BCUT2D eigenvalue weighted by atomic mass is 10.1. The maximum Gasteiger partial charge on any atom is 0.326 e. The molecule has 28 heavy (non-hydrogen) atoms. The average Bonchev–Trinajstić information content (AvgIpc) is 3.11. The van der Waals surface area contributed by atoms with Crippen LogP contribution in [0.25, 0.3) is 5.57 Å². The van der Waals surface area contributed by atoms with E-state index in [-0.39, 0.29) is 15.1 Å². The second-order valence-electron chi connectivity index (χ2n) is 6.80. The number of nitrogens with zero attached hydrogens (tertiary/aromatic N) is 2. The topological polar surface area (TPSA) is 77.9 Å². The molecule has 2 heterocycles. The second kappa shape index (κ2) is 8.45. The van der Waals surface area contributed by atoms with Crippen LogP contribution in [-0.4, -0.2) is 44.7 Å². The first-order valence-electron chi connectivity index (χ1n) is 9.32. The van der Waals surface area contributed by atoms with Gasteiger partial charge in [0.25, 0.3) is 11.8 Å². The van der Waals surface area contributed by atoms with E-state index in [9.17, 15) is 19.5 Å². The molecule has 8 heteroatoms. The first kappa shape index (κ1) is 20.5. The van der Waals surface area contributed by atoms with Crippen LogP contribution in [-0.2, 0) is 14.4 Å². The fourth-order valence-corrected chi connectivity index (χ4v) is 4.88. The molecule has 1 fully saturated rings. The van der Waals surface area contributed by atoms with Crippen LogP contribution in [0, 0.1) is 0 Å². The number of amides is 2. The van der Waals surface area contributed by atoms with E-state index in [4.69, 9.17) is 12.2 Å². The molecule has 0 unspecified atom stereocenters. The molecule has 1 saturated heterocycles. The number of para-hydroxylation sites is 1. The highest BCUT2D eigenvalue weighted by Crippen LogP contribution is 2.45. The number of thiocarbonyl (C=S) groups is 1. The lowest BCUT2D eigenvalue weighted by Gasteiger charge is -2.19. The van der Waals surface area contributed by atoms with E-state index in [2.05, 4.69) is 6.92 Å². The number of carbonyl (C=O) groups is 3. The Kier molecular flexibility index (Phi) is 6.20. The number of hydrogen-bond acceptors (Lipinski definition) is 5. The number of aliphatic carboxylic acids is 1. The summed E-state index contributed by atoms with van der Waals surface area (Å²) in [6.45, 7) is 4.13. The van der Waals surface area contributed by atoms with Gasteiger partial charge in [-0.3, -0.25) is 14.5 Å². The zero-order valence-electron chi connectivity index (χ0n) is 15.8. The number of rotatable bonds is 7. The van der Waals surface area contributed by atoms with Gasteiger partial charge in [-0.05, 0) is 19.4 Å². The van der Waals surface area contributed by atoms with Crippen molar-refractivity contribution in [3.63, 3.8) is 0 Å². The zero-order chi connectivity index (χ0) is 20.4. The van der Waals surface area contributed by atoms with Crippen molar-refractivity contribution >= 4 is 57.3 Å². The van der Waals surface area contributed by atoms with Crippen LogP contribution in [0.15, 0.2) is 29.2 Å². The molecule has 1 aromatic rings. The quantitative estimate of drug-likeness (QED) is 0.414. The van der Waals surface area contributed by atoms with Gasteiger partial charge in [-0.1, -0.05) is 68.4 Å². The summed E-state index contributed by atoms with van der Waals surface area (Å²) in [6, 6.07) is 6.31. The summed E-state index contributed by atoms with van der Waals surface area (Å²) in [6.07, 6.45) is 4.15. The van der Waals surface area contributed by atoms with Gasteiger partial charge in [0.05, 0.1) is 16.2 Å². The van der Waals surface area contributed by atoms with Crippen molar-refractivity contribution in [1.82, 2.24) is 4.90 Å². The van der Waals surface area contributed by atoms with Gasteiger partial charge in [-0.2, -0.15) is 0 Å². The number of thioether (sulfide) groups is 1. The minimum atomic E-state index is -1.14. The van der Waals surface area contributed by atoms with Crippen molar-refractivity contribution < 1.29 is 19.5 Å². The maximum atomic E-state index is 13.2. The summed E-state index contributed by atoms with van der Waals surface area (Å²) in [7, 11) is 0. The highest BCUT2D eigenvalue weighted by molar-refractivity contribution is 8.26. The minimum absolute atomic E-state index is 0.161. The number of carbonyl (C=O) groups excluding carboxylic acids is 2. The van der Waals surface area contributed by atoms with Gasteiger partial charge in [0.2, 0.25) is 0 Å². The number of benzene rings is 1. The van der Waals surface area contributed by atoms with Crippen molar-refractivity contribution in [2.24, 2.45) is 0 Å². The average molecular weight is 419 g/mol. The third-order valence-corrected chi connectivity index (χ3v) is 6.33. The molecule has 2 aliphatic rings. The molecule has 6 nitrogen and oxygen atoms in total. The fourth-order valence-electron chi connectivity index (χ4n) is 3.39. The number of unbranched alkanes of at least 4 members (excludes halogenated alkanes) is 3. The van der Waals surface area contributed by atoms with Gasteiger partial charge in [0.15, 0.2) is 0 Å². The Labute approximate surface area is 173 Å². The smallest absolute Gasteiger partial charge is 0.326 e. The van der Waals surface area contributed by atoms with Crippen LogP contribution in [0.4, 0.5) is 5.69 Å². The minimum Gasteiger partial charge on any atom is -0.480 e. The highest BCUT2D eigenvalue weighted by atomic mass is 32.2. The normalized spacial score (nSPS) is 20.1. The summed E-state index contributed by atoms with van der Waals surface area (Å²) in [5.74, 6) is -1.88. The molecule has 148 valence electrons. The van der Waals surface area contributed by atoms with E-state index in [1.165, 1.54) is 6.92 Å². The second-order valence-corrected chi connectivity index (χ2v) is 8.44. The molecule has 0 aromatic heterocycles. The Morgan fingerprint density at radius 2 is 1.89 bits per heavy atom. The summed E-state index contributed by atoms with van der Waals surface area (Å²) < 4.78 is 0.161. The van der Waals surface area contributed by atoms with Gasteiger partial charge >= 0.3 is 5.97 Å². The Hall–Kier alpha value is -2.19. The Balaban J connectivity index is 1.98. The molecule has 0 bridgehead atoms. The Morgan fingerprint density at radius 1 is 1.18 bits per heavy atom. The van der Waals surface area contributed by atoms with Gasteiger partial charge in [-0.25, -0.2) is 4.79 Å². The Morgan fingerprint density at radius 3 is 2.57 bits per heavy atom. The van der Waals surface area contributed by atoms with E-state index >= 15 is 0 Å². The van der Waals surface area contributed by atoms with Crippen molar-refractivity contribution in [2.45, 2.75) is 45.6 Å². The Bertz CT molecular complexity index is 881. The molecule has 1 atom stereocenters. The van der Waals surface area contributed by atoms with Gasteiger partial charge in [-0.15, -0.1) is 0 Å². The van der Waals surface area contributed by atoms with Gasteiger partial charge < -0.3 is 10.0 Å². The van der Waals surface area contributed by atoms with E-state index in [0.29, 0.717) is 17.7 Å². The molecule has 2 amide bonds. The fraction of sp³-hybridized carbons (Fsp3) is 0.400. The largest absolute Gasteiger partial charge is 0.480 e. The van der Waals surface area contributed by atoms with Crippen LogP contribution in [0.2, 0.25) is 0 Å². The van der Waals surface area contributed by atoms with Crippen LogP contribution < -0.4 is 4.90 Å². The first-order chi connectivity index (χ1) is 13.4. The molecule has 0 saturated carbocycles. The standard InChI is InChI=1S/C20H22N2O4S2/c1-3-4-5-8-11-21-14-10-7-6-9-13(14)15(17(21)23)16-18(24)22(20(27)28-16)12(2)19(25)26/h6-7,9-10,12H,3-5,8,11H2,1-2H3,(H,25,26)/b16-15-/t12-/m0/s1. The van der Waals surface area contributed by atoms with E-state index in [1.807, 2.05) is 24.3 Å². The van der Waals surface area contributed by atoms with Crippen LogP contribution in [0.3, 0.4) is 0 Å². The lowest BCUT2D eigenvalue weighted by molar-refractivity contribution is -0.144. The summed E-state index contributed by atoms with van der Waals surface area (Å²) in [4.78, 5) is 40.5. The number of hydrogen-bond donors (Lipinski definition) is 1. The van der Waals surface area contributed by atoms with Crippen LogP contribution in [0.1, 0.15) is 45.1 Å². The maximum absolute atomic E-state index is 13.2. The van der Waals surface area contributed by atoms with Gasteiger partial charge in [0, 0.05) is 12.1 Å². The number of anilines is 1. The molecular weight excluding hydrogens is 396 g/mol. The molecule has 2 aliphatic heterocycles. The predicted molar refractivity (Wildman–Crippen MR) is 114 cm³/mol. The van der Waals surface area contributed by atoms with Gasteiger partial charge in [0.1, 0.15) is 10.4 Å². The number of carboxylic acid groups (broad SMARTS) is 1. The molecule has 1 N–H and O–H groups in total. The van der Waals surface area contributed by atoms with Crippen molar-refractivity contribution in [3.05, 3.63) is 34.7 Å². The van der Waals surface area contributed by atoms with Crippen molar-refractivity contribution in [3.8, 4) is 0 Å². The number of fused-ring (bicyclic) bond motifs is 1. The zero-order valence-corrected chi connectivity index (χ0v) is 17.4. The number of carboxylic acids is 1. The third-order valence-electron chi connectivity index (χ3n) is 4.93. The SMILES string of the molecule is CCCCCCN1C(=O)/C(=C2\SC(=S)N([C@@H](C)C(=O)O)C2=O)c2ccccc21. The van der Waals surface area contributed by atoms with Crippen LogP contribution >= 0.6 is 24.0 Å². The first-order valence-corrected chi connectivity index (χ1v) is 10.5. The van der Waals surface area contributed by atoms with E-state index in [1.54, 1.807) is 4.90 Å². The highest BCUT2D eigenvalue weighted by Gasteiger charge is 2.44. The monoisotopic (exact) mass is 418 g/mol. The predicted octanol–water partition coefficient (Wildman–Crippen LogP) is 3.66.